The molecule has 5 heteroatoms. The highest BCUT2D eigenvalue weighted by molar-refractivity contribution is 6.62. The van der Waals surface area contributed by atoms with E-state index in [9.17, 15) is 0 Å². The lowest BCUT2D eigenvalue weighted by molar-refractivity contribution is 0.00578. The van der Waals surface area contributed by atoms with Gasteiger partial charge in [-0.2, -0.15) is 0 Å². The Labute approximate surface area is 256 Å². The molecule has 5 aromatic rings. The molecular weight excluding hydrogens is 527 g/mol. The summed E-state index contributed by atoms with van der Waals surface area (Å²) in [6.07, 6.45) is 0. The summed E-state index contributed by atoms with van der Waals surface area (Å²) >= 11 is 0. The summed E-state index contributed by atoms with van der Waals surface area (Å²) < 4.78 is 13.2. The fourth-order valence-corrected chi connectivity index (χ4v) is 5.43. The van der Waals surface area contributed by atoms with Crippen LogP contribution in [0.3, 0.4) is 0 Å². The predicted octanol–water partition coefficient (Wildman–Crippen LogP) is 9.54. The van der Waals surface area contributed by atoms with Crippen LogP contribution in [0.15, 0.2) is 127 Å². The molecule has 216 valence electrons. The molecule has 0 amide bonds. The molecule has 0 radical (unpaired) electrons. The summed E-state index contributed by atoms with van der Waals surface area (Å²) in [6, 6.07) is 45.0. The summed E-state index contributed by atoms with van der Waals surface area (Å²) in [5.41, 5.74) is 8.83. The van der Waals surface area contributed by atoms with Crippen LogP contribution in [-0.2, 0) is 9.31 Å². The van der Waals surface area contributed by atoms with Gasteiger partial charge < -0.3 is 19.1 Å². The third kappa shape index (κ3) is 5.84. The molecule has 0 atom stereocenters. The van der Waals surface area contributed by atoms with E-state index < -0.39 is 18.3 Å². The van der Waals surface area contributed by atoms with Crippen molar-refractivity contribution in [2.24, 2.45) is 0 Å². The normalized spacial score (nSPS) is 15.3. The van der Waals surface area contributed by atoms with E-state index in [4.69, 9.17) is 9.31 Å². The van der Waals surface area contributed by atoms with Crippen LogP contribution in [0.2, 0.25) is 0 Å². The van der Waals surface area contributed by atoms with Crippen molar-refractivity contribution in [1.82, 2.24) is 0 Å². The molecule has 0 unspecified atom stereocenters. The molecule has 1 saturated heterocycles. The maximum atomic E-state index is 6.61. The summed E-state index contributed by atoms with van der Waals surface area (Å²) in [7, 11) is -0.519. The fraction of sp³-hybridized carbons (Fsp3) is 0.211. The van der Waals surface area contributed by atoms with Crippen LogP contribution in [0, 0.1) is 13.8 Å². The van der Waals surface area contributed by atoms with Crippen molar-refractivity contribution in [2.75, 3.05) is 9.80 Å². The molecule has 6 rings (SSSR count). The van der Waals surface area contributed by atoms with Crippen LogP contribution in [0.5, 0.6) is 0 Å². The molecular formula is C38H39BN2O2. The molecule has 0 saturated carbocycles. The fourth-order valence-electron chi connectivity index (χ4n) is 5.43. The number of aryl methyl sites for hydroxylation is 2. The first-order chi connectivity index (χ1) is 20.6. The summed E-state index contributed by atoms with van der Waals surface area (Å²) in [6.45, 7) is 12.6. The van der Waals surface area contributed by atoms with E-state index in [0.717, 1.165) is 39.6 Å². The second-order valence-corrected chi connectivity index (χ2v) is 12.4. The molecule has 1 fully saturated rings. The van der Waals surface area contributed by atoms with E-state index in [0.29, 0.717) is 0 Å². The van der Waals surface area contributed by atoms with Crippen LogP contribution in [0.4, 0.5) is 34.1 Å². The quantitative estimate of drug-likeness (QED) is 0.183. The minimum Gasteiger partial charge on any atom is -0.399 e. The third-order valence-corrected chi connectivity index (χ3v) is 8.58. The minimum absolute atomic E-state index is 0.458. The number of hydrogen-bond donors (Lipinski definition) is 0. The van der Waals surface area contributed by atoms with Gasteiger partial charge in [-0.05, 0) is 114 Å². The van der Waals surface area contributed by atoms with E-state index >= 15 is 0 Å². The Hall–Kier alpha value is -4.32. The van der Waals surface area contributed by atoms with E-state index in [1.165, 1.54) is 11.1 Å². The molecule has 0 bridgehead atoms. The lowest BCUT2D eigenvalue weighted by Crippen LogP contribution is -2.41. The van der Waals surface area contributed by atoms with Crippen molar-refractivity contribution in [2.45, 2.75) is 52.7 Å². The van der Waals surface area contributed by atoms with Gasteiger partial charge in [-0.3, -0.25) is 0 Å². The molecule has 0 aromatic heterocycles. The molecule has 43 heavy (non-hydrogen) atoms. The Balaban J connectivity index is 1.59. The smallest absolute Gasteiger partial charge is 0.399 e. The Morgan fingerprint density at radius 3 is 1.16 bits per heavy atom. The lowest BCUT2D eigenvalue weighted by atomic mass is 9.78. The van der Waals surface area contributed by atoms with Crippen molar-refractivity contribution in [1.29, 1.82) is 0 Å². The second-order valence-electron chi connectivity index (χ2n) is 12.4. The Kier molecular flexibility index (Phi) is 7.64. The van der Waals surface area contributed by atoms with Crippen molar-refractivity contribution in [3.63, 3.8) is 0 Å². The highest BCUT2D eigenvalue weighted by atomic mass is 16.7. The van der Waals surface area contributed by atoms with Gasteiger partial charge >= 0.3 is 7.12 Å². The van der Waals surface area contributed by atoms with Crippen LogP contribution in [0.1, 0.15) is 38.8 Å². The third-order valence-electron chi connectivity index (χ3n) is 8.58. The number of nitrogens with zero attached hydrogens (tertiary/aromatic N) is 2. The Bertz CT molecular complexity index is 1560. The number of para-hydroxylation sites is 2. The molecule has 1 aliphatic rings. The highest BCUT2D eigenvalue weighted by Crippen LogP contribution is 2.42. The zero-order chi connectivity index (χ0) is 30.2. The number of benzene rings is 5. The van der Waals surface area contributed by atoms with Gasteiger partial charge in [0.2, 0.25) is 0 Å². The monoisotopic (exact) mass is 566 g/mol. The first kappa shape index (κ1) is 28.8. The first-order valence-electron chi connectivity index (χ1n) is 15.0. The predicted molar refractivity (Wildman–Crippen MR) is 181 cm³/mol. The van der Waals surface area contributed by atoms with Crippen LogP contribution in [0.25, 0.3) is 0 Å². The molecule has 4 nitrogen and oxygen atoms in total. The summed E-state index contributed by atoms with van der Waals surface area (Å²) in [4.78, 5) is 4.60. The topological polar surface area (TPSA) is 24.9 Å². The molecule has 0 N–H and O–H groups in total. The Morgan fingerprint density at radius 2 is 0.791 bits per heavy atom. The van der Waals surface area contributed by atoms with Crippen LogP contribution < -0.4 is 15.3 Å². The van der Waals surface area contributed by atoms with Gasteiger partial charge in [0.15, 0.2) is 0 Å². The molecule has 1 heterocycles. The van der Waals surface area contributed by atoms with Gasteiger partial charge in [0.05, 0.1) is 11.2 Å². The van der Waals surface area contributed by atoms with Crippen molar-refractivity contribution in [3.8, 4) is 0 Å². The van der Waals surface area contributed by atoms with Gasteiger partial charge in [-0.25, -0.2) is 0 Å². The number of rotatable bonds is 7. The van der Waals surface area contributed by atoms with Gasteiger partial charge in [-0.1, -0.05) is 71.8 Å². The van der Waals surface area contributed by atoms with E-state index in [1.807, 2.05) is 0 Å². The largest absolute Gasteiger partial charge is 0.494 e. The van der Waals surface area contributed by atoms with E-state index in [2.05, 4.69) is 179 Å². The van der Waals surface area contributed by atoms with E-state index in [-0.39, 0.29) is 0 Å². The van der Waals surface area contributed by atoms with Gasteiger partial charge in [0.25, 0.3) is 0 Å². The maximum absolute atomic E-state index is 6.61. The van der Waals surface area contributed by atoms with Gasteiger partial charge in [0.1, 0.15) is 0 Å². The molecule has 0 spiro atoms. The average molecular weight is 567 g/mol. The minimum atomic E-state index is -0.519. The first-order valence-corrected chi connectivity index (χ1v) is 15.0. The SMILES string of the molecule is Cc1ccc(N(c2ccccc2)c2cc(B3OC(C)(C)C(C)(C)O3)cc(N(c3ccccc3)c3ccc(C)cc3)c2)cc1. The van der Waals surface area contributed by atoms with Gasteiger partial charge in [0, 0.05) is 34.1 Å². The molecule has 1 aliphatic heterocycles. The van der Waals surface area contributed by atoms with Crippen molar-refractivity contribution < 1.29 is 9.31 Å². The average Bonchev–Trinajstić information content (AvgIpc) is 3.23. The number of anilines is 6. The molecule has 0 aliphatic carbocycles. The summed E-state index contributed by atoms with van der Waals surface area (Å²) in [5.74, 6) is 0. The maximum Gasteiger partial charge on any atom is 0.494 e. The van der Waals surface area contributed by atoms with Crippen LogP contribution >= 0.6 is 0 Å². The molecule has 5 aromatic carbocycles. The van der Waals surface area contributed by atoms with Crippen molar-refractivity contribution in [3.05, 3.63) is 139 Å². The zero-order valence-electron chi connectivity index (χ0n) is 25.9. The highest BCUT2D eigenvalue weighted by Gasteiger charge is 2.52. The second kappa shape index (κ2) is 11.4. The van der Waals surface area contributed by atoms with Crippen molar-refractivity contribution >= 4 is 46.7 Å². The standard InChI is InChI=1S/C38H39BN2O2/c1-28-17-21-33(22-18-28)40(31-13-9-7-10-14-31)35-25-30(39-42-37(3,4)38(5,6)43-39)26-36(27-35)41(32-15-11-8-12-16-32)34-23-19-29(2)20-24-34/h7-27H,1-6H3. The van der Waals surface area contributed by atoms with Gasteiger partial charge in [-0.15, -0.1) is 0 Å². The number of hydrogen-bond acceptors (Lipinski definition) is 4. The Morgan fingerprint density at radius 1 is 0.442 bits per heavy atom. The zero-order valence-corrected chi connectivity index (χ0v) is 25.9. The summed E-state index contributed by atoms with van der Waals surface area (Å²) in [5, 5.41) is 0. The van der Waals surface area contributed by atoms with Crippen LogP contribution in [-0.4, -0.2) is 18.3 Å². The lowest BCUT2D eigenvalue weighted by Gasteiger charge is -2.32. The van der Waals surface area contributed by atoms with E-state index in [1.54, 1.807) is 0 Å².